The van der Waals surface area contributed by atoms with E-state index in [1.807, 2.05) is 12.3 Å². The van der Waals surface area contributed by atoms with E-state index in [1.54, 1.807) is 0 Å². The Morgan fingerprint density at radius 1 is 1.30 bits per heavy atom. The fourth-order valence-corrected chi connectivity index (χ4v) is 3.50. The molecule has 1 fully saturated rings. The molecule has 3 atom stereocenters. The Labute approximate surface area is 124 Å². The molecule has 1 aliphatic carbocycles. The predicted octanol–water partition coefficient (Wildman–Crippen LogP) is 4.82. The van der Waals surface area contributed by atoms with Gasteiger partial charge in [-0.1, -0.05) is 34.6 Å². The Morgan fingerprint density at radius 3 is 2.60 bits per heavy atom. The van der Waals surface area contributed by atoms with Crippen LogP contribution in [-0.2, 0) is 0 Å². The highest BCUT2D eigenvalue weighted by Crippen LogP contribution is 2.46. The van der Waals surface area contributed by atoms with Crippen LogP contribution >= 0.6 is 0 Å². The van der Waals surface area contributed by atoms with E-state index in [-0.39, 0.29) is 0 Å². The van der Waals surface area contributed by atoms with E-state index in [2.05, 4.69) is 46.0 Å². The van der Waals surface area contributed by atoms with Crippen molar-refractivity contribution in [2.75, 3.05) is 6.54 Å². The molecule has 1 aromatic heterocycles. The van der Waals surface area contributed by atoms with Crippen molar-refractivity contribution in [3.63, 3.8) is 0 Å². The Bertz CT molecular complexity index is 388. The molecule has 1 saturated carbocycles. The fourth-order valence-electron chi connectivity index (χ4n) is 3.50. The van der Waals surface area contributed by atoms with Crippen molar-refractivity contribution in [2.24, 2.45) is 17.3 Å². The van der Waals surface area contributed by atoms with E-state index in [0.717, 1.165) is 12.5 Å². The summed E-state index contributed by atoms with van der Waals surface area (Å²) in [4.78, 5) is 0. The molecule has 0 amide bonds. The van der Waals surface area contributed by atoms with Gasteiger partial charge >= 0.3 is 0 Å². The summed E-state index contributed by atoms with van der Waals surface area (Å²) >= 11 is 0. The van der Waals surface area contributed by atoms with Gasteiger partial charge in [-0.2, -0.15) is 0 Å². The van der Waals surface area contributed by atoms with Crippen LogP contribution in [-0.4, -0.2) is 12.6 Å². The van der Waals surface area contributed by atoms with Gasteiger partial charge < -0.3 is 9.73 Å². The minimum atomic E-state index is 0.404. The first kappa shape index (κ1) is 15.6. The lowest BCUT2D eigenvalue weighted by Gasteiger charge is -2.41. The van der Waals surface area contributed by atoms with Gasteiger partial charge in [0, 0.05) is 12.0 Å². The summed E-state index contributed by atoms with van der Waals surface area (Å²) in [5.41, 5.74) is 0.404. The third-order valence-electron chi connectivity index (χ3n) is 4.92. The van der Waals surface area contributed by atoms with Crippen molar-refractivity contribution in [3.05, 3.63) is 24.2 Å². The van der Waals surface area contributed by atoms with Gasteiger partial charge in [-0.05, 0) is 55.2 Å². The average Bonchev–Trinajstić information content (AvgIpc) is 2.88. The maximum atomic E-state index is 5.74. The topological polar surface area (TPSA) is 25.2 Å². The average molecular weight is 277 g/mol. The second-order valence-corrected chi connectivity index (χ2v) is 7.82. The van der Waals surface area contributed by atoms with Crippen molar-refractivity contribution in [1.29, 1.82) is 0 Å². The molecule has 1 aromatic rings. The number of hydrogen-bond donors (Lipinski definition) is 1. The van der Waals surface area contributed by atoms with Crippen LogP contribution in [0.15, 0.2) is 22.8 Å². The Morgan fingerprint density at radius 2 is 2.05 bits per heavy atom. The summed E-state index contributed by atoms with van der Waals surface area (Å²) in [5.74, 6) is 3.28. The quantitative estimate of drug-likeness (QED) is 0.853. The standard InChI is InChI=1S/C18H31NO/c1-13(2)19-12-14-8-9-15(18(3,4)5)11-16(14)17-7-6-10-20-17/h6-7,10,13-16,19H,8-9,11-12H2,1-5H3. The lowest BCUT2D eigenvalue weighted by Crippen LogP contribution is -2.37. The number of hydrogen-bond acceptors (Lipinski definition) is 2. The van der Waals surface area contributed by atoms with Crippen LogP contribution in [0.25, 0.3) is 0 Å². The Balaban J connectivity index is 2.09. The molecule has 2 rings (SSSR count). The van der Waals surface area contributed by atoms with Gasteiger partial charge in [0.2, 0.25) is 0 Å². The number of nitrogens with one attached hydrogen (secondary N) is 1. The highest BCUT2D eigenvalue weighted by Gasteiger charge is 2.37. The summed E-state index contributed by atoms with van der Waals surface area (Å²) in [7, 11) is 0. The van der Waals surface area contributed by atoms with Gasteiger partial charge in [0.05, 0.1) is 6.26 Å². The summed E-state index contributed by atoms with van der Waals surface area (Å²) in [6.07, 6.45) is 5.75. The summed E-state index contributed by atoms with van der Waals surface area (Å²) in [5, 5.41) is 3.62. The monoisotopic (exact) mass is 277 g/mol. The molecule has 0 saturated heterocycles. The zero-order valence-corrected chi connectivity index (χ0v) is 13.8. The third kappa shape index (κ3) is 3.88. The van der Waals surface area contributed by atoms with Crippen molar-refractivity contribution in [2.45, 2.75) is 65.8 Å². The van der Waals surface area contributed by atoms with Crippen molar-refractivity contribution in [3.8, 4) is 0 Å². The molecule has 0 aromatic carbocycles. The fraction of sp³-hybridized carbons (Fsp3) is 0.778. The normalized spacial score (nSPS) is 28.0. The minimum Gasteiger partial charge on any atom is -0.469 e. The van der Waals surface area contributed by atoms with Crippen molar-refractivity contribution < 1.29 is 4.42 Å². The molecule has 114 valence electrons. The highest BCUT2D eigenvalue weighted by atomic mass is 16.3. The second kappa shape index (κ2) is 6.34. The van der Waals surface area contributed by atoms with Gasteiger partial charge in [0.15, 0.2) is 0 Å². The molecule has 1 heterocycles. The van der Waals surface area contributed by atoms with E-state index < -0.39 is 0 Å². The maximum Gasteiger partial charge on any atom is 0.107 e. The first-order chi connectivity index (χ1) is 9.38. The van der Waals surface area contributed by atoms with Gasteiger partial charge in [0.1, 0.15) is 5.76 Å². The molecular formula is C18H31NO. The predicted molar refractivity (Wildman–Crippen MR) is 84.9 cm³/mol. The SMILES string of the molecule is CC(C)NCC1CCC(C(C)(C)C)CC1c1ccco1. The molecular weight excluding hydrogens is 246 g/mol. The Hall–Kier alpha value is -0.760. The van der Waals surface area contributed by atoms with Crippen LogP contribution in [0.5, 0.6) is 0 Å². The molecule has 0 radical (unpaired) electrons. The molecule has 1 N–H and O–H groups in total. The smallest absolute Gasteiger partial charge is 0.107 e. The summed E-state index contributed by atoms with van der Waals surface area (Å²) in [6, 6.07) is 4.76. The molecule has 0 bridgehead atoms. The van der Waals surface area contributed by atoms with E-state index >= 15 is 0 Å². The maximum absolute atomic E-state index is 5.74. The zero-order valence-electron chi connectivity index (χ0n) is 13.8. The van der Waals surface area contributed by atoms with Gasteiger partial charge in [-0.25, -0.2) is 0 Å². The molecule has 3 unspecified atom stereocenters. The van der Waals surface area contributed by atoms with E-state index in [4.69, 9.17) is 4.42 Å². The Kier molecular flexibility index (Phi) is 4.95. The second-order valence-electron chi connectivity index (χ2n) is 7.82. The zero-order chi connectivity index (χ0) is 14.8. The third-order valence-corrected chi connectivity index (χ3v) is 4.92. The lowest BCUT2D eigenvalue weighted by molar-refractivity contribution is 0.119. The largest absolute Gasteiger partial charge is 0.469 e. The molecule has 20 heavy (non-hydrogen) atoms. The van der Waals surface area contributed by atoms with Crippen LogP contribution < -0.4 is 5.32 Å². The highest BCUT2D eigenvalue weighted by molar-refractivity contribution is 5.09. The summed E-state index contributed by atoms with van der Waals surface area (Å²) in [6.45, 7) is 12.7. The molecule has 0 spiro atoms. The van der Waals surface area contributed by atoms with Gasteiger partial charge in [-0.3, -0.25) is 0 Å². The number of rotatable bonds is 4. The van der Waals surface area contributed by atoms with Crippen molar-refractivity contribution in [1.82, 2.24) is 5.32 Å². The van der Waals surface area contributed by atoms with E-state index in [0.29, 0.717) is 23.3 Å². The van der Waals surface area contributed by atoms with Crippen LogP contribution in [0.3, 0.4) is 0 Å². The van der Waals surface area contributed by atoms with Crippen LogP contribution in [0.2, 0.25) is 0 Å². The molecule has 2 heteroatoms. The molecule has 0 aliphatic heterocycles. The van der Waals surface area contributed by atoms with Gasteiger partial charge in [-0.15, -0.1) is 0 Å². The van der Waals surface area contributed by atoms with Gasteiger partial charge in [0.25, 0.3) is 0 Å². The van der Waals surface area contributed by atoms with Crippen molar-refractivity contribution >= 4 is 0 Å². The number of furan rings is 1. The van der Waals surface area contributed by atoms with Crippen LogP contribution in [0, 0.1) is 17.3 Å². The molecule has 2 nitrogen and oxygen atoms in total. The minimum absolute atomic E-state index is 0.404. The van der Waals surface area contributed by atoms with E-state index in [1.165, 1.54) is 25.0 Å². The lowest BCUT2D eigenvalue weighted by atomic mass is 9.65. The first-order valence-electron chi connectivity index (χ1n) is 8.14. The summed E-state index contributed by atoms with van der Waals surface area (Å²) < 4.78 is 5.74. The van der Waals surface area contributed by atoms with Crippen LogP contribution in [0.4, 0.5) is 0 Å². The first-order valence-corrected chi connectivity index (χ1v) is 8.14. The van der Waals surface area contributed by atoms with Crippen LogP contribution in [0.1, 0.15) is 65.6 Å². The van der Waals surface area contributed by atoms with E-state index in [9.17, 15) is 0 Å². The molecule has 1 aliphatic rings.